The van der Waals surface area contributed by atoms with Crippen molar-refractivity contribution in [2.24, 2.45) is 0 Å². The number of nitrogens with one attached hydrogen (secondary N) is 1. The van der Waals surface area contributed by atoms with E-state index in [0.717, 1.165) is 44.8 Å². The van der Waals surface area contributed by atoms with Crippen LogP contribution in [0.25, 0.3) is 0 Å². The standard InChI is InChI=1S/C22H27N3O4/c1-3-10-24-11-13-25(14-12-24)17-6-9-20(19(15-17)22(27)28)23-21(26)16-4-7-18(29-2)8-5-16/h4-9,15H,3,10-14H2,1-2H3,(H,23,26)(H,27,28). The number of carbonyl (C=O) groups excluding carboxylic acids is 1. The van der Waals surface area contributed by atoms with E-state index >= 15 is 0 Å². The van der Waals surface area contributed by atoms with E-state index in [9.17, 15) is 14.7 Å². The van der Waals surface area contributed by atoms with Crippen LogP contribution in [0.15, 0.2) is 42.5 Å². The third kappa shape index (κ3) is 5.06. The molecule has 1 amide bonds. The van der Waals surface area contributed by atoms with Crippen LogP contribution in [0.3, 0.4) is 0 Å². The summed E-state index contributed by atoms with van der Waals surface area (Å²) in [6, 6.07) is 11.8. The van der Waals surface area contributed by atoms with Crippen molar-refractivity contribution in [2.75, 3.05) is 50.1 Å². The maximum atomic E-state index is 12.5. The van der Waals surface area contributed by atoms with Crippen molar-refractivity contribution in [2.45, 2.75) is 13.3 Å². The first-order chi connectivity index (χ1) is 14.0. The van der Waals surface area contributed by atoms with Crippen molar-refractivity contribution < 1.29 is 19.4 Å². The zero-order chi connectivity index (χ0) is 20.8. The summed E-state index contributed by atoms with van der Waals surface area (Å²) in [5.41, 5.74) is 1.66. The minimum Gasteiger partial charge on any atom is -0.497 e. The summed E-state index contributed by atoms with van der Waals surface area (Å²) in [5, 5.41) is 12.4. The second-order valence-electron chi connectivity index (χ2n) is 7.05. The van der Waals surface area contributed by atoms with Gasteiger partial charge in [0, 0.05) is 37.4 Å². The second-order valence-corrected chi connectivity index (χ2v) is 7.05. The summed E-state index contributed by atoms with van der Waals surface area (Å²) >= 11 is 0. The Morgan fingerprint density at radius 2 is 1.76 bits per heavy atom. The predicted molar refractivity (Wildman–Crippen MR) is 113 cm³/mol. The number of piperazine rings is 1. The molecule has 1 aliphatic heterocycles. The number of nitrogens with zero attached hydrogens (tertiary/aromatic N) is 2. The number of hydrogen-bond donors (Lipinski definition) is 2. The lowest BCUT2D eigenvalue weighted by Crippen LogP contribution is -2.46. The van der Waals surface area contributed by atoms with Gasteiger partial charge in [0.2, 0.25) is 0 Å². The highest BCUT2D eigenvalue weighted by atomic mass is 16.5. The first-order valence-corrected chi connectivity index (χ1v) is 9.82. The van der Waals surface area contributed by atoms with Crippen molar-refractivity contribution in [3.8, 4) is 5.75 Å². The largest absolute Gasteiger partial charge is 0.497 e. The second kappa shape index (κ2) is 9.43. The van der Waals surface area contributed by atoms with E-state index in [1.807, 2.05) is 6.07 Å². The Hall–Kier alpha value is -3.06. The van der Waals surface area contributed by atoms with Gasteiger partial charge in [0.1, 0.15) is 5.75 Å². The molecule has 3 rings (SSSR count). The fourth-order valence-electron chi connectivity index (χ4n) is 3.50. The molecule has 0 aromatic heterocycles. The number of rotatable bonds is 7. The molecule has 0 spiro atoms. The van der Waals surface area contributed by atoms with E-state index in [2.05, 4.69) is 22.0 Å². The summed E-state index contributed by atoms with van der Waals surface area (Å²) in [6.45, 7) is 6.90. The van der Waals surface area contributed by atoms with Crippen LogP contribution < -0.4 is 15.0 Å². The molecule has 0 aliphatic carbocycles. The zero-order valence-electron chi connectivity index (χ0n) is 16.9. The number of methoxy groups -OCH3 is 1. The molecule has 7 nitrogen and oxygen atoms in total. The maximum absolute atomic E-state index is 12.5. The van der Waals surface area contributed by atoms with Crippen molar-refractivity contribution in [1.82, 2.24) is 4.90 Å². The molecule has 29 heavy (non-hydrogen) atoms. The Morgan fingerprint density at radius 3 is 2.34 bits per heavy atom. The Balaban J connectivity index is 1.74. The summed E-state index contributed by atoms with van der Waals surface area (Å²) in [5.74, 6) is -0.784. The third-order valence-corrected chi connectivity index (χ3v) is 5.11. The highest BCUT2D eigenvalue weighted by Gasteiger charge is 2.20. The van der Waals surface area contributed by atoms with E-state index in [4.69, 9.17) is 4.74 Å². The number of benzene rings is 2. The molecule has 154 valence electrons. The van der Waals surface area contributed by atoms with Gasteiger partial charge >= 0.3 is 5.97 Å². The van der Waals surface area contributed by atoms with Crippen molar-refractivity contribution in [3.05, 3.63) is 53.6 Å². The molecule has 2 N–H and O–H groups in total. The van der Waals surface area contributed by atoms with Gasteiger partial charge in [-0.1, -0.05) is 6.92 Å². The van der Waals surface area contributed by atoms with E-state index in [-0.39, 0.29) is 17.2 Å². The van der Waals surface area contributed by atoms with Gasteiger partial charge in [0.05, 0.1) is 18.4 Å². The van der Waals surface area contributed by atoms with E-state index < -0.39 is 5.97 Å². The number of carboxylic acids is 1. The van der Waals surface area contributed by atoms with Crippen LogP contribution in [-0.2, 0) is 0 Å². The van der Waals surface area contributed by atoms with Crippen molar-refractivity contribution in [1.29, 1.82) is 0 Å². The van der Waals surface area contributed by atoms with Gasteiger partial charge in [-0.25, -0.2) is 4.79 Å². The van der Waals surface area contributed by atoms with Crippen molar-refractivity contribution in [3.63, 3.8) is 0 Å². The summed E-state index contributed by atoms with van der Waals surface area (Å²) in [6.07, 6.45) is 1.13. The highest BCUT2D eigenvalue weighted by Crippen LogP contribution is 2.25. The normalized spacial score (nSPS) is 14.5. The lowest BCUT2D eigenvalue weighted by Gasteiger charge is -2.36. The number of amides is 1. The highest BCUT2D eigenvalue weighted by molar-refractivity contribution is 6.08. The van der Waals surface area contributed by atoms with Crippen molar-refractivity contribution >= 4 is 23.3 Å². The van der Waals surface area contributed by atoms with Gasteiger partial charge in [0.25, 0.3) is 5.91 Å². The quantitative estimate of drug-likeness (QED) is 0.747. The monoisotopic (exact) mass is 397 g/mol. The number of aromatic carboxylic acids is 1. The van der Waals surface area contributed by atoms with E-state index in [0.29, 0.717) is 11.3 Å². The van der Waals surface area contributed by atoms with Gasteiger partial charge in [-0.3, -0.25) is 9.69 Å². The summed E-state index contributed by atoms with van der Waals surface area (Å²) < 4.78 is 5.09. The molecular formula is C22H27N3O4. The fourth-order valence-corrected chi connectivity index (χ4v) is 3.50. The minimum absolute atomic E-state index is 0.0837. The van der Waals surface area contributed by atoms with Crippen LogP contribution >= 0.6 is 0 Å². The third-order valence-electron chi connectivity index (χ3n) is 5.11. The summed E-state index contributed by atoms with van der Waals surface area (Å²) in [4.78, 5) is 28.9. The lowest BCUT2D eigenvalue weighted by atomic mass is 10.1. The maximum Gasteiger partial charge on any atom is 0.337 e. The Labute approximate surface area is 170 Å². The van der Waals surface area contributed by atoms with Gasteiger partial charge in [-0.15, -0.1) is 0 Å². The molecule has 1 saturated heterocycles. The Morgan fingerprint density at radius 1 is 1.07 bits per heavy atom. The molecule has 0 bridgehead atoms. The molecule has 0 unspecified atom stereocenters. The van der Waals surface area contributed by atoms with Gasteiger partial charge in [-0.2, -0.15) is 0 Å². The first-order valence-electron chi connectivity index (χ1n) is 9.82. The van der Waals surface area contributed by atoms with Crippen LogP contribution in [0.1, 0.15) is 34.1 Å². The number of ether oxygens (including phenoxy) is 1. The topological polar surface area (TPSA) is 82.1 Å². The Bertz CT molecular complexity index is 859. The lowest BCUT2D eigenvalue weighted by molar-refractivity contribution is 0.0698. The van der Waals surface area contributed by atoms with E-state index in [1.165, 1.54) is 0 Å². The molecular weight excluding hydrogens is 370 g/mol. The van der Waals surface area contributed by atoms with Crippen LogP contribution in [0, 0.1) is 0 Å². The molecule has 2 aromatic carbocycles. The molecule has 1 fully saturated rings. The van der Waals surface area contributed by atoms with Gasteiger partial charge in [-0.05, 0) is 55.4 Å². The minimum atomic E-state index is -1.07. The molecule has 2 aromatic rings. The fraction of sp³-hybridized carbons (Fsp3) is 0.364. The molecule has 0 radical (unpaired) electrons. The van der Waals surface area contributed by atoms with Crippen LogP contribution in [0.4, 0.5) is 11.4 Å². The molecule has 1 aliphatic rings. The summed E-state index contributed by atoms with van der Waals surface area (Å²) in [7, 11) is 1.55. The number of carbonyl (C=O) groups is 2. The number of carboxylic acid groups (broad SMARTS) is 1. The SMILES string of the molecule is CCCN1CCN(c2ccc(NC(=O)c3ccc(OC)cc3)c(C(=O)O)c2)CC1. The van der Waals surface area contributed by atoms with Crippen LogP contribution in [0.5, 0.6) is 5.75 Å². The van der Waals surface area contributed by atoms with E-state index in [1.54, 1.807) is 43.5 Å². The van der Waals surface area contributed by atoms with Gasteiger partial charge < -0.3 is 20.1 Å². The molecule has 0 atom stereocenters. The smallest absolute Gasteiger partial charge is 0.337 e. The van der Waals surface area contributed by atoms with Gasteiger partial charge in [0.15, 0.2) is 0 Å². The first kappa shape index (κ1) is 20.7. The number of anilines is 2. The zero-order valence-corrected chi connectivity index (χ0v) is 16.9. The number of hydrogen-bond acceptors (Lipinski definition) is 5. The average molecular weight is 397 g/mol. The van der Waals surface area contributed by atoms with Crippen LogP contribution in [0.2, 0.25) is 0 Å². The van der Waals surface area contributed by atoms with Crippen LogP contribution in [-0.4, -0.2) is 61.7 Å². The molecule has 7 heteroatoms. The molecule has 0 saturated carbocycles. The predicted octanol–water partition coefficient (Wildman–Crippen LogP) is 3.18. The molecule has 1 heterocycles. The Kier molecular flexibility index (Phi) is 6.72. The average Bonchev–Trinajstić information content (AvgIpc) is 2.74.